The summed E-state index contributed by atoms with van der Waals surface area (Å²) >= 11 is 0. The highest BCUT2D eigenvalue weighted by Crippen LogP contribution is 2.09. The first-order chi connectivity index (χ1) is 9.08. The van der Waals surface area contributed by atoms with Crippen LogP contribution in [0.5, 0.6) is 0 Å². The third-order valence-corrected chi connectivity index (χ3v) is 2.05. The molecule has 0 saturated heterocycles. The van der Waals surface area contributed by atoms with Crippen LogP contribution in [0, 0.1) is 17.1 Å². The SMILES string of the molecule is CCOC(=O)C(=O)C(C#N)=CNc1ccc(F)cc1. The molecule has 0 atom stereocenters. The van der Waals surface area contributed by atoms with E-state index in [9.17, 15) is 14.0 Å². The number of halogens is 1. The second-order valence-corrected chi connectivity index (χ2v) is 3.37. The minimum absolute atomic E-state index is 0.0503. The van der Waals surface area contributed by atoms with Crippen molar-refractivity contribution < 1.29 is 18.7 Å². The van der Waals surface area contributed by atoms with Crippen molar-refractivity contribution in [2.75, 3.05) is 11.9 Å². The summed E-state index contributed by atoms with van der Waals surface area (Å²) in [7, 11) is 0. The minimum atomic E-state index is -1.09. The summed E-state index contributed by atoms with van der Waals surface area (Å²) in [5, 5.41) is 11.4. The Morgan fingerprint density at radius 1 is 1.42 bits per heavy atom. The van der Waals surface area contributed by atoms with Crippen LogP contribution in [-0.4, -0.2) is 18.4 Å². The van der Waals surface area contributed by atoms with Gasteiger partial charge >= 0.3 is 5.97 Å². The second kappa shape index (κ2) is 6.91. The average molecular weight is 262 g/mol. The molecule has 1 N–H and O–H groups in total. The number of benzene rings is 1. The predicted molar refractivity (Wildman–Crippen MR) is 65.4 cm³/mol. The van der Waals surface area contributed by atoms with Crippen molar-refractivity contribution in [3.05, 3.63) is 41.9 Å². The Balaban J connectivity index is 2.78. The summed E-state index contributed by atoms with van der Waals surface area (Å²) in [6, 6.07) is 6.88. The van der Waals surface area contributed by atoms with Crippen molar-refractivity contribution in [3.63, 3.8) is 0 Å². The molecule has 0 aliphatic rings. The molecule has 0 heterocycles. The van der Waals surface area contributed by atoms with Gasteiger partial charge in [0.2, 0.25) is 0 Å². The van der Waals surface area contributed by atoms with Crippen LogP contribution in [0.15, 0.2) is 36.0 Å². The topological polar surface area (TPSA) is 79.2 Å². The molecular weight excluding hydrogens is 251 g/mol. The Labute approximate surface area is 109 Å². The van der Waals surface area contributed by atoms with E-state index in [1.165, 1.54) is 24.3 Å². The van der Waals surface area contributed by atoms with E-state index in [1.807, 2.05) is 0 Å². The lowest BCUT2D eigenvalue weighted by atomic mass is 10.2. The van der Waals surface area contributed by atoms with E-state index in [-0.39, 0.29) is 12.2 Å². The predicted octanol–water partition coefficient (Wildman–Crippen LogP) is 1.78. The molecule has 1 aromatic rings. The van der Waals surface area contributed by atoms with E-state index < -0.39 is 17.6 Å². The van der Waals surface area contributed by atoms with Crippen molar-refractivity contribution >= 4 is 17.4 Å². The van der Waals surface area contributed by atoms with Gasteiger partial charge in [-0.05, 0) is 31.2 Å². The molecule has 0 saturated carbocycles. The molecule has 1 rings (SSSR count). The van der Waals surface area contributed by atoms with Gasteiger partial charge in [-0.3, -0.25) is 4.79 Å². The van der Waals surface area contributed by atoms with Gasteiger partial charge in [0, 0.05) is 11.9 Å². The first-order valence-corrected chi connectivity index (χ1v) is 5.42. The van der Waals surface area contributed by atoms with Gasteiger partial charge in [0.15, 0.2) is 0 Å². The van der Waals surface area contributed by atoms with E-state index in [0.29, 0.717) is 5.69 Å². The number of hydrogen-bond donors (Lipinski definition) is 1. The summed E-state index contributed by atoms with van der Waals surface area (Å²) < 4.78 is 17.2. The van der Waals surface area contributed by atoms with Gasteiger partial charge in [-0.1, -0.05) is 0 Å². The molecule has 0 fully saturated rings. The maximum Gasteiger partial charge on any atom is 0.380 e. The van der Waals surface area contributed by atoms with Crippen LogP contribution in [0.25, 0.3) is 0 Å². The van der Waals surface area contributed by atoms with Crippen molar-refractivity contribution in [1.29, 1.82) is 5.26 Å². The third-order valence-electron chi connectivity index (χ3n) is 2.05. The highest BCUT2D eigenvalue weighted by atomic mass is 19.1. The molecule has 19 heavy (non-hydrogen) atoms. The molecule has 5 nitrogen and oxygen atoms in total. The zero-order chi connectivity index (χ0) is 14.3. The Morgan fingerprint density at radius 3 is 2.58 bits per heavy atom. The van der Waals surface area contributed by atoms with Gasteiger partial charge in [0.05, 0.1) is 6.61 Å². The molecule has 0 unspecified atom stereocenters. The third kappa shape index (κ3) is 4.24. The number of nitrogens with zero attached hydrogens (tertiary/aromatic N) is 1. The molecule has 0 aliphatic carbocycles. The number of rotatable bonds is 5. The monoisotopic (exact) mass is 262 g/mol. The quantitative estimate of drug-likeness (QED) is 0.378. The maximum absolute atomic E-state index is 12.7. The maximum atomic E-state index is 12.7. The van der Waals surface area contributed by atoms with Crippen LogP contribution >= 0.6 is 0 Å². The molecule has 1 aromatic carbocycles. The van der Waals surface area contributed by atoms with E-state index in [4.69, 9.17) is 5.26 Å². The van der Waals surface area contributed by atoms with Crippen molar-refractivity contribution in [3.8, 4) is 6.07 Å². The summed E-state index contributed by atoms with van der Waals surface area (Å²) in [5.41, 5.74) is 0.0913. The van der Waals surface area contributed by atoms with Crippen molar-refractivity contribution in [2.45, 2.75) is 6.92 Å². The number of hydrogen-bond acceptors (Lipinski definition) is 5. The van der Waals surface area contributed by atoms with Gasteiger partial charge in [-0.25, -0.2) is 9.18 Å². The Kier molecular flexibility index (Phi) is 5.23. The average Bonchev–Trinajstić information content (AvgIpc) is 2.41. The fourth-order valence-electron chi connectivity index (χ4n) is 1.16. The number of ketones is 1. The fourth-order valence-corrected chi connectivity index (χ4v) is 1.16. The lowest BCUT2D eigenvalue weighted by Crippen LogP contribution is -2.19. The number of ether oxygens (including phenoxy) is 1. The standard InChI is InChI=1S/C13H11FN2O3/c1-2-19-13(18)12(17)9(7-15)8-16-11-5-3-10(14)4-6-11/h3-6,8,16H,2H2,1H3. The van der Waals surface area contributed by atoms with Crippen LogP contribution < -0.4 is 5.32 Å². The van der Waals surface area contributed by atoms with Crippen LogP contribution in [0.2, 0.25) is 0 Å². The van der Waals surface area contributed by atoms with Gasteiger partial charge in [-0.15, -0.1) is 0 Å². The highest BCUT2D eigenvalue weighted by molar-refractivity contribution is 6.41. The number of carbonyl (C=O) groups excluding carboxylic acids is 2. The number of Topliss-reactive ketones (excluding diaryl/α,β-unsaturated/α-hetero) is 1. The summed E-state index contributed by atoms with van der Waals surface area (Å²) in [6.07, 6.45) is 1.08. The Hall–Kier alpha value is -2.68. The lowest BCUT2D eigenvalue weighted by Gasteiger charge is -2.02. The van der Waals surface area contributed by atoms with Crippen molar-refractivity contribution in [2.24, 2.45) is 0 Å². The molecule has 0 radical (unpaired) electrons. The first-order valence-electron chi connectivity index (χ1n) is 5.42. The van der Waals surface area contributed by atoms with E-state index in [0.717, 1.165) is 6.20 Å². The molecule has 98 valence electrons. The summed E-state index contributed by atoms with van der Waals surface area (Å²) in [4.78, 5) is 22.6. The van der Waals surface area contributed by atoms with Crippen LogP contribution in [0.1, 0.15) is 6.92 Å². The zero-order valence-electron chi connectivity index (χ0n) is 10.1. The number of carbonyl (C=O) groups is 2. The summed E-state index contributed by atoms with van der Waals surface area (Å²) in [6.45, 7) is 1.60. The van der Waals surface area contributed by atoms with Gasteiger partial charge in [0.25, 0.3) is 5.78 Å². The Bertz CT molecular complexity index is 544. The number of nitriles is 1. The number of esters is 1. The molecule has 0 bridgehead atoms. The van der Waals surface area contributed by atoms with Gasteiger partial charge in [-0.2, -0.15) is 5.26 Å². The largest absolute Gasteiger partial charge is 0.460 e. The molecule has 0 aromatic heterocycles. The smallest absolute Gasteiger partial charge is 0.380 e. The van der Waals surface area contributed by atoms with Crippen LogP contribution in [-0.2, 0) is 14.3 Å². The normalized spacial score (nSPS) is 10.5. The molecule has 6 heteroatoms. The molecule has 0 aliphatic heterocycles. The molecule has 0 amide bonds. The Morgan fingerprint density at radius 2 is 2.05 bits per heavy atom. The molecule has 0 spiro atoms. The zero-order valence-corrected chi connectivity index (χ0v) is 10.1. The van der Waals surface area contributed by atoms with Crippen LogP contribution in [0.4, 0.5) is 10.1 Å². The molecular formula is C13H11FN2O3. The van der Waals surface area contributed by atoms with E-state index in [1.54, 1.807) is 13.0 Å². The fraction of sp³-hybridized carbons (Fsp3) is 0.154. The number of nitrogens with one attached hydrogen (secondary N) is 1. The van der Waals surface area contributed by atoms with Gasteiger partial charge < -0.3 is 10.1 Å². The second-order valence-electron chi connectivity index (χ2n) is 3.37. The van der Waals surface area contributed by atoms with E-state index in [2.05, 4.69) is 10.1 Å². The first kappa shape index (κ1) is 14.4. The highest BCUT2D eigenvalue weighted by Gasteiger charge is 2.19. The van der Waals surface area contributed by atoms with E-state index >= 15 is 0 Å². The minimum Gasteiger partial charge on any atom is -0.460 e. The van der Waals surface area contributed by atoms with Gasteiger partial charge in [0.1, 0.15) is 17.5 Å². The van der Waals surface area contributed by atoms with Crippen molar-refractivity contribution in [1.82, 2.24) is 0 Å². The lowest BCUT2D eigenvalue weighted by molar-refractivity contribution is -0.151. The number of anilines is 1. The van der Waals surface area contributed by atoms with Crippen LogP contribution in [0.3, 0.4) is 0 Å². The summed E-state index contributed by atoms with van der Waals surface area (Å²) in [5.74, 6) is -2.52.